The van der Waals surface area contributed by atoms with E-state index >= 15 is 0 Å². The van der Waals surface area contributed by atoms with E-state index in [1.54, 1.807) is 6.07 Å². The van der Waals surface area contributed by atoms with Gasteiger partial charge in [0.2, 0.25) is 0 Å². The first-order valence-corrected chi connectivity index (χ1v) is 7.92. The molecule has 118 valence electrons. The molecule has 0 radical (unpaired) electrons. The van der Waals surface area contributed by atoms with Gasteiger partial charge in [0, 0.05) is 11.0 Å². The molecule has 2 nitrogen and oxygen atoms in total. The number of nitrogens with one attached hydrogen (secondary N) is 1. The van der Waals surface area contributed by atoms with Crippen molar-refractivity contribution in [2.45, 2.75) is 59.5 Å². The Morgan fingerprint density at radius 3 is 2.10 bits per heavy atom. The largest absolute Gasteiger partial charge is 0.302 e. The fourth-order valence-electron chi connectivity index (χ4n) is 2.16. The molecule has 4 heteroatoms. The first kappa shape index (κ1) is 18.5. The van der Waals surface area contributed by atoms with E-state index in [-0.39, 0.29) is 22.8 Å². The summed E-state index contributed by atoms with van der Waals surface area (Å²) in [5.74, 6) is 0.198. The first-order chi connectivity index (χ1) is 9.40. The van der Waals surface area contributed by atoms with Crippen LogP contribution < -0.4 is 5.32 Å². The summed E-state index contributed by atoms with van der Waals surface area (Å²) in [6, 6.07) is 5.27. The Morgan fingerprint density at radius 1 is 1.10 bits per heavy atom. The molecule has 0 aliphatic carbocycles. The summed E-state index contributed by atoms with van der Waals surface area (Å²) in [5.41, 5.74) is 0.477. The smallest absolute Gasteiger partial charge is 0.155 e. The zero-order valence-corrected chi connectivity index (χ0v) is 15.2. The monoisotopic (exact) mass is 329 g/mol. The average molecular weight is 330 g/mol. The molecule has 1 aromatic rings. The molecule has 0 aromatic heterocycles. The summed E-state index contributed by atoms with van der Waals surface area (Å²) in [4.78, 5) is 12.7. The average Bonchev–Trinajstić information content (AvgIpc) is 2.29. The lowest BCUT2D eigenvalue weighted by atomic mass is 9.83. The van der Waals surface area contributed by atoms with Crippen LogP contribution in [0.5, 0.6) is 0 Å². The Morgan fingerprint density at radius 2 is 1.67 bits per heavy atom. The molecule has 0 amide bonds. The fourth-order valence-corrected chi connectivity index (χ4v) is 2.48. The van der Waals surface area contributed by atoms with E-state index in [1.165, 1.54) is 0 Å². The number of hydrogen-bond donors (Lipinski definition) is 1. The topological polar surface area (TPSA) is 29.1 Å². The number of halogens is 2. The first-order valence-electron chi connectivity index (χ1n) is 7.16. The molecule has 1 unspecified atom stereocenters. The van der Waals surface area contributed by atoms with Gasteiger partial charge in [-0.1, -0.05) is 50.0 Å². The SMILES string of the molecule is CC(C)(C)NC(Cc1ccc(Cl)c(Cl)c1)C(=O)C(C)(C)C. The maximum atomic E-state index is 12.7. The van der Waals surface area contributed by atoms with Crippen LogP contribution in [0.1, 0.15) is 47.1 Å². The Bertz CT molecular complexity index is 513. The van der Waals surface area contributed by atoms with Crippen molar-refractivity contribution in [1.29, 1.82) is 0 Å². The van der Waals surface area contributed by atoms with Crippen LogP contribution in [-0.2, 0) is 11.2 Å². The van der Waals surface area contributed by atoms with Gasteiger partial charge in [0.15, 0.2) is 5.78 Å². The van der Waals surface area contributed by atoms with Crippen molar-refractivity contribution < 1.29 is 4.79 Å². The van der Waals surface area contributed by atoms with Crippen LogP contribution in [0.4, 0.5) is 0 Å². The molecular formula is C17H25Cl2NO. The van der Waals surface area contributed by atoms with Crippen LogP contribution in [0.25, 0.3) is 0 Å². The number of ketones is 1. The predicted molar refractivity (Wildman–Crippen MR) is 91.3 cm³/mol. The van der Waals surface area contributed by atoms with Gasteiger partial charge in [-0.25, -0.2) is 0 Å². The van der Waals surface area contributed by atoms with Crippen molar-refractivity contribution in [3.63, 3.8) is 0 Å². The van der Waals surface area contributed by atoms with Crippen molar-refractivity contribution in [3.05, 3.63) is 33.8 Å². The Hall–Kier alpha value is -0.570. The molecule has 0 bridgehead atoms. The molecule has 0 aliphatic rings. The van der Waals surface area contributed by atoms with Crippen LogP contribution in [0, 0.1) is 5.41 Å². The standard InChI is InChI=1S/C17H25Cl2NO/c1-16(2,3)15(21)14(20-17(4,5)6)10-11-7-8-12(18)13(19)9-11/h7-9,14,20H,10H2,1-6H3. The quantitative estimate of drug-likeness (QED) is 0.850. The number of benzene rings is 1. The Kier molecular flexibility index (Phi) is 5.88. The molecule has 1 rings (SSSR count). The normalized spacial score (nSPS) is 14.1. The minimum atomic E-state index is -0.390. The summed E-state index contributed by atoms with van der Waals surface area (Å²) in [5, 5.41) is 4.47. The summed E-state index contributed by atoms with van der Waals surface area (Å²) in [7, 11) is 0. The van der Waals surface area contributed by atoms with Crippen LogP contribution in [0.2, 0.25) is 10.0 Å². The van der Waals surface area contributed by atoms with Gasteiger partial charge in [-0.2, -0.15) is 0 Å². The second-order valence-electron chi connectivity index (χ2n) is 7.51. The molecule has 1 N–H and O–H groups in total. The zero-order chi connectivity index (χ0) is 16.4. The number of carbonyl (C=O) groups is 1. The van der Waals surface area contributed by atoms with Gasteiger partial charge in [-0.3, -0.25) is 4.79 Å². The lowest BCUT2D eigenvalue weighted by Crippen LogP contribution is -2.51. The number of hydrogen-bond acceptors (Lipinski definition) is 2. The van der Waals surface area contributed by atoms with E-state index in [2.05, 4.69) is 26.1 Å². The maximum Gasteiger partial charge on any atom is 0.155 e. The van der Waals surface area contributed by atoms with E-state index in [4.69, 9.17) is 23.2 Å². The summed E-state index contributed by atoms with van der Waals surface area (Å²) in [6.07, 6.45) is 0.601. The van der Waals surface area contributed by atoms with E-state index < -0.39 is 0 Å². The fraction of sp³-hybridized carbons (Fsp3) is 0.588. The summed E-state index contributed by atoms with van der Waals surface area (Å²) in [6.45, 7) is 12.0. The molecule has 1 atom stereocenters. The highest BCUT2D eigenvalue weighted by Crippen LogP contribution is 2.25. The van der Waals surface area contributed by atoms with Gasteiger partial charge in [-0.05, 0) is 44.9 Å². The minimum Gasteiger partial charge on any atom is -0.302 e. The van der Waals surface area contributed by atoms with Gasteiger partial charge < -0.3 is 5.32 Å². The lowest BCUT2D eigenvalue weighted by Gasteiger charge is -2.32. The molecule has 1 aromatic carbocycles. The molecule has 0 fully saturated rings. The minimum absolute atomic E-state index is 0.137. The van der Waals surface area contributed by atoms with Crippen molar-refractivity contribution in [1.82, 2.24) is 5.32 Å². The van der Waals surface area contributed by atoms with E-state index in [0.29, 0.717) is 16.5 Å². The van der Waals surface area contributed by atoms with Crippen molar-refractivity contribution in [3.8, 4) is 0 Å². The highest BCUT2D eigenvalue weighted by atomic mass is 35.5. The third kappa shape index (κ3) is 5.98. The van der Waals surface area contributed by atoms with Crippen LogP contribution in [-0.4, -0.2) is 17.4 Å². The molecule has 0 saturated heterocycles. The third-order valence-corrected chi connectivity index (χ3v) is 3.83. The highest BCUT2D eigenvalue weighted by Gasteiger charge is 2.32. The second-order valence-corrected chi connectivity index (χ2v) is 8.33. The molecule has 21 heavy (non-hydrogen) atoms. The van der Waals surface area contributed by atoms with Crippen molar-refractivity contribution in [2.24, 2.45) is 5.41 Å². The molecule has 0 heterocycles. The lowest BCUT2D eigenvalue weighted by molar-refractivity contribution is -0.128. The molecule has 0 saturated carbocycles. The van der Waals surface area contributed by atoms with E-state index in [9.17, 15) is 4.79 Å². The van der Waals surface area contributed by atoms with Crippen molar-refractivity contribution in [2.75, 3.05) is 0 Å². The predicted octanol–water partition coefficient (Wildman–Crippen LogP) is 4.91. The Labute approximate surface area is 138 Å². The zero-order valence-electron chi connectivity index (χ0n) is 13.7. The van der Waals surface area contributed by atoms with E-state index in [0.717, 1.165) is 5.56 Å². The molecule has 0 spiro atoms. The van der Waals surface area contributed by atoms with Crippen LogP contribution in [0.3, 0.4) is 0 Å². The van der Waals surface area contributed by atoms with Gasteiger partial charge in [-0.15, -0.1) is 0 Å². The summed E-state index contributed by atoms with van der Waals surface area (Å²) < 4.78 is 0. The van der Waals surface area contributed by atoms with Gasteiger partial charge in [0.25, 0.3) is 0 Å². The van der Waals surface area contributed by atoms with Gasteiger partial charge in [0.05, 0.1) is 16.1 Å². The number of carbonyl (C=O) groups excluding carboxylic acids is 1. The van der Waals surface area contributed by atoms with Crippen molar-refractivity contribution >= 4 is 29.0 Å². The molecular weight excluding hydrogens is 305 g/mol. The van der Waals surface area contributed by atoms with Gasteiger partial charge >= 0.3 is 0 Å². The van der Waals surface area contributed by atoms with Crippen LogP contribution in [0.15, 0.2) is 18.2 Å². The number of Topliss-reactive ketones (excluding diaryl/α,β-unsaturated/α-hetero) is 1. The third-order valence-electron chi connectivity index (χ3n) is 3.09. The molecule has 0 aliphatic heterocycles. The highest BCUT2D eigenvalue weighted by molar-refractivity contribution is 6.42. The van der Waals surface area contributed by atoms with Crippen LogP contribution >= 0.6 is 23.2 Å². The Balaban J connectivity index is 3.01. The maximum absolute atomic E-state index is 12.7. The van der Waals surface area contributed by atoms with E-state index in [1.807, 2.05) is 32.9 Å². The number of rotatable bonds is 4. The summed E-state index contributed by atoms with van der Waals surface area (Å²) >= 11 is 12.0. The van der Waals surface area contributed by atoms with Gasteiger partial charge in [0.1, 0.15) is 0 Å². The second kappa shape index (κ2) is 6.68.